The van der Waals surface area contributed by atoms with E-state index in [1.807, 2.05) is 0 Å². The van der Waals surface area contributed by atoms with Gasteiger partial charge in [-0.15, -0.1) is 0 Å². The summed E-state index contributed by atoms with van der Waals surface area (Å²) in [5.41, 5.74) is 0.0872. The predicted octanol–water partition coefficient (Wildman–Crippen LogP) is 7.11. The first-order valence-corrected chi connectivity index (χ1v) is 7.94. The van der Waals surface area contributed by atoms with Gasteiger partial charge in [-0.1, -0.05) is 35.9 Å². The van der Waals surface area contributed by atoms with Crippen molar-refractivity contribution in [3.8, 4) is 22.4 Å². The first-order chi connectivity index (χ1) is 12.6. The second-order valence-corrected chi connectivity index (χ2v) is 6.11. The van der Waals surface area contributed by atoms with Gasteiger partial charge in [0.05, 0.1) is 21.8 Å². The van der Waals surface area contributed by atoms with E-state index in [0.717, 1.165) is 24.3 Å². The van der Waals surface area contributed by atoms with Crippen LogP contribution in [-0.2, 0) is 12.4 Å². The van der Waals surface area contributed by atoms with Crippen molar-refractivity contribution in [3.05, 3.63) is 76.9 Å². The van der Waals surface area contributed by atoms with Gasteiger partial charge in [-0.3, -0.25) is 4.98 Å². The van der Waals surface area contributed by atoms with Crippen LogP contribution in [0.1, 0.15) is 11.1 Å². The Kier molecular flexibility index (Phi) is 4.90. The molecule has 0 radical (unpaired) electrons. The number of rotatable bonds is 2. The van der Waals surface area contributed by atoms with Crippen LogP contribution in [-0.4, -0.2) is 4.98 Å². The molecule has 140 valence electrons. The molecule has 0 amide bonds. The van der Waals surface area contributed by atoms with Crippen LogP contribution < -0.4 is 0 Å². The highest BCUT2D eigenvalue weighted by Gasteiger charge is 2.30. The Bertz CT molecular complexity index is 944. The molecule has 0 spiro atoms. The van der Waals surface area contributed by atoms with Gasteiger partial charge in [0, 0.05) is 17.3 Å². The molecule has 0 saturated carbocycles. The lowest BCUT2D eigenvalue weighted by Gasteiger charge is -2.10. The lowest BCUT2D eigenvalue weighted by Crippen LogP contribution is -2.04. The Morgan fingerprint density at radius 2 is 1.07 bits per heavy atom. The van der Waals surface area contributed by atoms with Gasteiger partial charge in [-0.25, -0.2) is 0 Å². The second kappa shape index (κ2) is 6.88. The highest BCUT2D eigenvalue weighted by atomic mass is 35.5. The monoisotopic (exact) mass is 401 g/mol. The lowest BCUT2D eigenvalue weighted by atomic mass is 10.0. The zero-order chi connectivity index (χ0) is 19.8. The van der Waals surface area contributed by atoms with E-state index in [9.17, 15) is 26.3 Å². The quantitative estimate of drug-likeness (QED) is 0.417. The summed E-state index contributed by atoms with van der Waals surface area (Å²) in [5.74, 6) is 0. The fraction of sp³-hybridized carbons (Fsp3) is 0.105. The normalized spacial score (nSPS) is 12.3. The van der Waals surface area contributed by atoms with E-state index in [0.29, 0.717) is 16.7 Å². The minimum Gasteiger partial charge on any atom is -0.254 e. The molecule has 0 unspecified atom stereocenters. The Morgan fingerprint density at radius 3 is 1.48 bits per heavy atom. The van der Waals surface area contributed by atoms with Crippen molar-refractivity contribution >= 4 is 11.6 Å². The van der Waals surface area contributed by atoms with E-state index in [1.165, 1.54) is 36.5 Å². The summed E-state index contributed by atoms with van der Waals surface area (Å²) in [6.45, 7) is 0. The fourth-order valence-corrected chi connectivity index (χ4v) is 2.75. The molecular formula is C19H10ClF6N. The van der Waals surface area contributed by atoms with Crippen molar-refractivity contribution in [2.24, 2.45) is 0 Å². The third-order valence-corrected chi connectivity index (χ3v) is 4.16. The average Bonchev–Trinajstić information content (AvgIpc) is 2.60. The zero-order valence-corrected chi connectivity index (χ0v) is 14.1. The van der Waals surface area contributed by atoms with Gasteiger partial charge in [-0.05, 0) is 35.9 Å². The van der Waals surface area contributed by atoms with E-state index < -0.39 is 23.5 Å². The van der Waals surface area contributed by atoms with Crippen LogP contribution in [0.5, 0.6) is 0 Å². The highest BCUT2D eigenvalue weighted by Crippen LogP contribution is 2.35. The number of aromatic nitrogens is 1. The molecule has 0 aliphatic heterocycles. The van der Waals surface area contributed by atoms with E-state index in [4.69, 9.17) is 11.6 Å². The summed E-state index contributed by atoms with van der Waals surface area (Å²) in [5, 5.41) is 0.173. The summed E-state index contributed by atoms with van der Waals surface area (Å²) in [4.78, 5) is 4.15. The molecule has 3 rings (SSSR count). The summed E-state index contributed by atoms with van der Waals surface area (Å²) < 4.78 is 75.8. The molecular weight excluding hydrogens is 392 g/mol. The molecule has 3 aromatic rings. The third kappa shape index (κ3) is 4.24. The van der Waals surface area contributed by atoms with Crippen molar-refractivity contribution in [1.82, 2.24) is 4.98 Å². The van der Waals surface area contributed by atoms with E-state index >= 15 is 0 Å². The number of hydrogen-bond donors (Lipinski definition) is 0. The molecule has 8 heteroatoms. The predicted molar refractivity (Wildman–Crippen MR) is 90.1 cm³/mol. The Labute approximate surface area is 155 Å². The SMILES string of the molecule is FC(F)(F)c1ccc(-c2cnc(-c3ccc(C(F)(F)F)cc3)c(Cl)c2)cc1. The molecule has 1 nitrogen and oxygen atoms in total. The van der Waals surface area contributed by atoms with Gasteiger partial charge in [-0.2, -0.15) is 26.3 Å². The first-order valence-electron chi connectivity index (χ1n) is 7.56. The highest BCUT2D eigenvalue weighted by molar-refractivity contribution is 6.33. The fourth-order valence-electron chi connectivity index (χ4n) is 2.48. The third-order valence-electron chi connectivity index (χ3n) is 3.87. The summed E-state index contributed by atoms with van der Waals surface area (Å²) >= 11 is 6.18. The minimum absolute atomic E-state index is 0.173. The van der Waals surface area contributed by atoms with Gasteiger partial charge in [0.1, 0.15) is 0 Å². The van der Waals surface area contributed by atoms with Crippen LogP contribution in [0.25, 0.3) is 22.4 Å². The maximum absolute atomic E-state index is 12.6. The Morgan fingerprint density at radius 1 is 0.630 bits per heavy atom. The van der Waals surface area contributed by atoms with Crippen molar-refractivity contribution in [3.63, 3.8) is 0 Å². The molecule has 0 aliphatic carbocycles. The molecule has 0 fully saturated rings. The second-order valence-electron chi connectivity index (χ2n) is 5.70. The molecule has 1 aromatic heterocycles. The Balaban J connectivity index is 1.90. The zero-order valence-electron chi connectivity index (χ0n) is 13.4. The molecule has 1 heterocycles. The topological polar surface area (TPSA) is 12.9 Å². The number of benzene rings is 2. The van der Waals surface area contributed by atoms with Gasteiger partial charge >= 0.3 is 12.4 Å². The average molecular weight is 402 g/mol. The Hall–Kier alpha value is -2.54. The molecule has 2 aromatic carbocycles. The molecule has 0 N–H and O–H groups in total. The van der Waals surface area contributed by atoms with Crippen molar-refractivity contribution < 1.29 is 26.3 Å². The smallest absolute Gasteiger partial charge is 0.254 e. The summed E-state index contributed by atoms with van der Waals surface area (Å²) in [7, 11) is 0. The van der Waals surface area contributed by atoms with Crippen LogP contribution in [0.2, 0.25) is 5.02 Å². The van der Waals surface area contributed by atoms with Gasteiger partial charge in [0.15, 0.2) is 0 Å². The molecule has 0 aliphatic rings. The number of nitrogens with zero attached hydrogens (tertiary/aromatic N) is 1. The number of alkyl halides is 6. The minimum atomic E-state index is -4.44. The van der Waals surface area contributed by atoms with Crippen molar-refractivity contribution in [1.29, 1.82) is 0 Å². The van der Waals surface area contributed by atoms with Crippen LogP contribution in [0.15, 0.2) is 60.8 Å². The van der Waals surface area contributed by atoms with Crippen LogP contribution >= 0.6 is 11.6 Å². The standard InChI is InChI=1S/C19H10ClF6N/c20-16-9-13(11-1-5-14(6-2-11)18(21,22)23)10-27-17(16)12-3-7-15(8-4-12)19(24,25)26/h1-10H. The molecule has 0 saturated heterocycles. The van der Waals surface area contributed by atoms with E-state index in [1.54, 1.807) is 0 Å². The van der Waals surface area contributed by atoms with Crippen LogP contribution in [0.3, 0.4) is 0 Å². The van der Waals surface area contributed by atoms with Crippen molar-refractivity contribution in [2.45, 2.75) is 12.4 Å². The number of halogens is 7. The van der Waals surface area contributed by atoms with Crippen LogP contribution in [0, 0.1) is 0 Å². The van der Waals surface area contributed by atoms with E-state index in [-0.39, 0.29) is 10.7 Å². The molecule has 27 heavy (non-hydrogen) atoms. The van der Waals surface area contributed by atoms with Gasteiger partial charge in [0.25, 0.3) is 0 Å². The van der Waals surface area contributed by atoms with E-state index in [2.05, 4.69) is 4.98 Å². The first kappa shape index (κ1) is 19.2. The molecule has 0 atom stereocenters. The maximum atomic E-state index is 12.6. The van der Waals surface area contributed by atoms with Gasteiger partial charge in [0.2, 0.25) is 0 Å². The summed E-state index contributed by atoms with van der Waals surface area (Å²) in [6.07, 6.45) is -7.47. The largest absolute Gasteiger partial charge is 0.416 e. The summed E-state index contributed by atoms with van der Waals surface area (Å²) in [6, 6.07) is 10.4. The van der Waals surface area contributed by atoms with Crippen LogP contribution in [0.4, 0.5) is 26.3 Å². The van der Waals surface area contributed by atoms with Crippen molar-refractivity contribution in [2.75, 3.05) is 0 Å². The number of hydrogen-bond acceptors (Lipinski definition) is 1. The lowest BCUT2D eigenvalue weighted by molar-refractivity contribution is -0.138. The molecule has 0 bridgehead atoms. The number of pyridine rings is 1. The van der Waals surface area contributed by atoms with Gasteiger partial charge < -0.3 is 0 Å². The maximum Gasteiger partial charge on any atom is 0.416 e.